The van der Waals surface area contributed by atoms with Crippen LogP contribution in [0.2, 0.25) is 0 Å². The Bertz CT molecular complexity index is 513. The molecular formula is C15H24N4O3. The number of carbonyl (C=O) groups excluding carboxylic acids is 2. The lowest BCUT2D eigenvalue weighted by atomic mass is 10.0. The van der Waals surface area contributed by atoms with Crippen LogP contribution in [-0.2, 0) is 16.0 Å². The second-order valence-electron chi connectivity index (χ2n) is 5.77. The summed E-state index contributed by atoms with van der Waals surface area (Å²) in [5, 5.41) is 9.55. The second-order valence-corrected chi connectivity index (χ2v) is 5.77. The van der Waals surface area contributed by atoms with Crippen molar-refractivity contribution in [2.45, 2.75) is 39.2 Å². The number of hydrogen-bond acceptors (Lipinski definition) is 5. The highest BCUT2D eigenvalue weighted by atomic mass is 16.5. The number of aromatic nitrogens is 1. The molecule has 1 aromatic rings. The van der Waals surface area contributed by atoms with Crippen molar-refractivity contribution in [3.8, 4) is 0 Å². The lowest BCUT2D eigenvalue weighted by Gasteiger charge is -2.31. The van der Waals surface area contributed by atoms with E-state index in [2.05, 4.69) is 20.7 Å². The molecule has 0 unspecified atom stereocenters. The Hall–Kier alpha value is -1.89. The van der Waals surface area contributed by atoms with E-state index in [9.17, 15) is 9.59 Å². The molecule has 7 nitrogen and oxygen atoms in total. The maximum absolute atomic E-state index is 12.1. The van der Waals surface area contributed by atoms with Crippen molar-refractivity contribution in [2.24, 2.45) is 0 Å². The van der Waals surface area contributed by atoms with E-state index < -0.39 is 0 Å². The van der Waals surface area contributed by atoms with Crippen LogP contribution >= 0.6 is 0 Å². The lowest BCUT2D eigenvalue weighted by molar-refractivity contribution is -0.123. The number of piperidine rings is 1. The van der Waals surface area contributed by atoms with Gasteiger partial charge in [0.25, 0.3) is 0 Å². The summed E-state index contributed by atoms with van der Waals surface area (Å²) in [6, 6.07) is 0.175. The monoisotopic (exact) mass is 308 g/mol. The number of amides is 2. The summed E-state index contributed by atoms with van der Waals surface area (Å²) >= 11 is 0. The summed E-state index contributed by atoms with van der Waals surface area (Å²) in [4.78, 5) is 25.6. The fourth-order valence-electron chi connectivity index (χ4n) is 2.71. The fraction of sp³-hybridized carbons (Fsp3) is 0.667. The van der Waals surface area contributed by atoms with Gasteiger partial charge in [0.15, 0.2) is 0 Å². The number of likely N-dealkylation sites (tertiary alicyclic amines) is 1. The summed E-state index contributed by atoms with van der Waals surface area (Å²) in [7, 11) is 1.64. The minimum Gasteiger partial charge on any atom is -0.361 e. The summed E-state index contributed by atoms with van der Waals surface area (Å²) in [6.45, 7) is 5.74. The average molecular weight is 308 g/mol. The topological polar surface area (TPSA) is 87.5 Å². The van der Waals surface area contributed by atoms with Gasteiger partial charge in [-0.05, 0) is 26.7 Å². The number of carbonyl (C=O) groups is 2. The van der Waals surface area contributed by atoms with Crippen LogP contribution in [0.25, 0.3) is 0 Å². The van der Waals surface area contributed by atoms with Crippen molar-refractivity contribution < 1.29 is 14.1 Å². The second kappa shape index (κ2) is 7.40. The van der Waals surface area contributed by atoms with Gasteiger partial charge in [0.2, 0.25) is 11.8 Å². The molecule has 1 aromatic heterocycles. The van der Waals surface area contributed by atoms with Gasteiger partial charge in [-0.1, -0.05) is 5.16 Å². The average Bonchev–Trinajstić information content (AvgIpc) is 2.81. The summed E-state index contributed by atoms with van der Waals surface area (Å²) < 4.78 is 5.07. The quantitative estimate of drug-likeness (QED) is 0.809. The molecule has 22 heavy (non-hydrogen) atoms. The molecule has 0 aliphatic carbocycles. The summed E-state index contributed by atoms with van der Waals surface area (Å²) in [5.41, 5.74) is 1.64. The van der Waals surface area contributed by atoms with E-state index in [0.717, 1.165) is 37.2 Å². The van der Waals surface area contributed by atoms with E-state index in [1.165, 1.54) is 0 Å². The van der Waals surface area contributed by atoms with Gasteiger partial charge < -0.3 is 15.2 Å². The molecule has 0 saturated carbocycles. The van der Waals surface area contributed by atoms with Gasteiger partial charge in [-0.3, -0.25) is 14.5 Å². The predicted molar refractivity (Wildman–Crippen MR) is 81.4 cm³/mol. The van der Waals surface area contributed by atoms with Gasteiger partial charge >= 0.3 is 0 Å². The van der Waals surface area contributed by atoms with Gasteiger partial charge in [-0.15, -0.1) is 0 Å². The van der Waals surface area contributed by atoms with Crippen molar-refractivity contribution >= 4 is 11.8 Å². The highest BCUT2D eigenvalue weighted by Gasteiger charge is 2.22. The van der Waals surface area contributed by atoms with Crippen molar-refractivity contribution in [3.05, 3.63) is 17.0 Å². The van der Waals surface area contributed by atoms with E-state index in [1.54, 1.807) is 7.05 Å². The molecule has 2 N–H and O–H groups in total. The Labute approximate surface area is 130 Å². The van der Waals surface area contributed by atoms with Crippen LogP contribution in [0.1, 0.15) is 29.9 Å². The fourth-order valence-corrected chi connectivity index (χ4v) is 2.71. The molecular weight excluding hydrogens is 284 g/mol. The number of nitrogens with zero attached hydrogens (tertiary/aromatic N) is 2. The van der Waals surface area contributed by atoms with E-state index in [-0.39, 0.29) is 17.9 Å². The summed E-state index contributed by atoms with van der Waals surface area (Å²) in [5.74, 6) is 0.730. The van der Waals surface area contributed by atoms with Gasteiger partial charge in [0.05, 0.1) is 18.7 Å². The Morgan fingerprint density at radius 2 is 1.95 bits per heavy atom. The molecule has 2 amide bonds. The van der Waals surface area contributed by atoms with E-state index in [0.29, 0.717) is 18.7 Å². The molecule has 0 atom stereocenters. The lowest BCUT2D eigenvalue weighted by Crippen LogP contribution is -2.47. The third kappa shape index (κ3) is 4.30. The highest BCUT2D eigenvalue weighted by Crippen LogP contribution is 2.14. The molecule has 1 aliphatic heterocycles. The summed E-state index contributed by atoms with van der Waals surface area (Å²) in [6.07, 6.45) is 2.04. The van der Waals surface area contributed by atoms with Crippen LogP contribution in [0.4, 0.5) is 0 Å². The molecule has 1 fully saturated rings. The maximum atomic E-state index is 12.1. The Kier molecular flexibility index (Phi) is 5.54. The minimum atomic E-state index is -0.000786. The first-order valence-corrected chi connectivity index (χ1v) is 7.63. The van der Waals surface area contributed by atoms with Gasteiger partial charge in [-0.2, -0.15) is 0 Å². The molecule has 0 radical (unpaired) electrons. The number of likely N-dealkylation sites (N-methyl/N-ethyl adjacent to an activating group) is 1. The first-order valence-electron chi connectivity index (χ1n) is 7.63. The molecule has 7 heteroatoms. The number of nitrogens with one attached hydrogen (secondary N) is 2. The number of hydrogen-bond donors (Lipinski definition) is 2. The normalized spacial score (nSPS) is 16.5. The van der Waals surface area contributed by atoms with Crippen molar-refractivity contribution in [2.75, 3.05) is 26.7 Å². The standard InChI is InChI=1S/C15H24N4O3/c1-10-13(11(2)22-18-10)8-14(20)17-12-4-6-19(7-5-12)9-15(21)16-3/h12H,4-9H2,1-3H3,(H,16,21)(H,17,20). The largest absolute Gasteiger partial charge is 0.361 e. The molecule has 2 heterocycles. The molecule has 0 aromatic carbocycles. The molecule has 122 valence electrons. The zero-order chi connectivity index (χ0) is 16.1. The minimum absolute atomic E-state index is 0.000786. The molecule has 1 saturated heterocycles. The van der Waals surface area contributed by atoms with Crippen molar-refractivity contribution in [1.82, 2.24) is 20.7 Å². The molecule has 2 rings (SSSR count). The molecule has 0 spiro atoms. The van der Waals surface area contributed by atoms with Crippen LogP contribution in [-0.4, -0.2) is 54.6 Å². The zero-order valence-corrected chi connectivity index (χ0v) is 13.4. The van der Waals surface area contributed by atoms with Gasteiger partial charge in [-0.25, -0.2) is 0 Å². The first kappa shape index (κ1) is 16.5. The third-order valence-electron chi connectivity index (χ3n) is 4.12. The smallest absolute Gasteiger partial charge is 0.233 e. The highest BCUT2D eigenvalue weighted by molar-refractivity contribution is 5.79. The van der Waals surface area contributed by atoms with Crippen LogP contribution in [0.15, 0.2) is 4.52 Å². The van der Waals surface area contributed by atoms with Crippen LogP contribution in [0.3, 0.4) is 0 Å². The Morgan fingerprint density at radius 3 is 2.50 bits per heavy atom. The van der Waals surface area contributed by atoms with E-state index >= 15 is 0 Å². The molecule has 1 aliphatic rings. The SMILES string of the molecule is CNC(=O)CN1CCC(NC(=O)Cc2c(C)noc2C)CC1. The molecule has 0 bridgehead atoms. The predicted octanol–water partition coefficient (Wildman–Crippen LogP) is 0.161. The van der Waals surface area contributed by atoms with Crippen LogP contribution < -0.4 is 10.6 Å². The van der Waals surface area contributed by atoms with Crippen LogP contribution in [0.5, 0.6) is 0 Å². The van der Waals surface area contributed by atoms with Gasteiger partial charge in [0, 0.05) is 31.7 Å². The van der Waals surface area contributed by atoms with E-state index in [4.69, 9.17) is 4.52 Å². The van der Waals surface area contributed by atoms with Crippen molar-refractivity contribution in [3.63, 3.8) is 0 Å². The van der Waals surface area contributed by atoms with Gasteiger partial charge in [0.1, 0.15) is 5.76 Å². The number of aryl methyl sites for hydroxylation is 2. The first-order chi connectivity index (χ1) is 10.5. The zero-order valence-electron chi connectivity index (χ0n) is 13.4. The third-order valence-corrected chi connectivity index (χ3v) is 4.12. The maximum Gasteiger partial charge on any atom is 0.233 e. The number of rotatable bonds is 5. The Balaban J connectivity index is 1.76. The van der Waals surface area contributed by atoms with Crippen molar-refractivity contribution in [1.29, 1.82) is 0 Å². The van der Waals surface area contributed by atoms with Crippen LogP contribution in [0, 0.1) is 13.8 Å². The Morgan fingerprint density at radius 1 is 1.27 bits per heavy atom. The van der Waals surface area contributed by atoms with E-state index in [1.807, 2.05) is 13.8 Å².